The summed E-state index contributed by atoms with van der Waals surface area (Å²) in [6, 6.07) is 3.69. The molecule has 2 aliphatic rings. The van der Waals surface area contributed by atoms with E-state index in [9.17, 15) is 4.79 Å². The van der Waals surface area contributed by atoms with Crippen LogP contribution in [0.1, 0.15) is 29.6 Å². The quantitative estimate of drug-likeness (QED) is 0.607. The normalized spacial score (nSPS) is 26.1. The average molecular weight is 262 g/mol. The number of carbonyl (C=O) groups is 1. The molecule has 0 radical (unpaired) electrons. The van der Waals surface area contributed by atoms with Crippen LogP contribution in [0, 0.1) is 0 Å². The van der Waals surface area contributed by atoms with Crippen molar-refractivity contribution >= 4 is 11.7 Å². The van der Waals surface area contributed by atoms with Gasteiger partial charge in [0.1, 0.15) is 5.82 Å². The lowest BCUT2D eigenvalue weighted by molar-refractivity contribution is -0.0445. The molecule has 6 nitrogen and oxygen atoms in total. The predicted molar refractivity (Wildman–Crippen MR) is 70.5 cm³/mol. The Kier molecular flexibility index (Phi) is 3.35. The highest BCUT2D eigenvalue weighted by Crippen LogP contribution is 2.30. The Bertz CT molecular complexity index is 462. The van der Waals surface area contributed by atoms with Gasteiger partial charge in [0.2, 0.25) is 0 Å². The number of ether oxygens (including phenoxy) is 1. The topological polar surface area (TPSA) is 80.5 Å². The number of nitrogens with zero attached hydrogens (tertiary/aromatic N) is 2. The zero-order valence-corrected chi connectivity index (χ0v) is 10.7. The molecule has 1 aliphatic heterocycles. The Balaban J connectivity index is 1.78. The summed E-state index contributed by atoms with van der Waals surface area (Å²) < 4.78 is 5.72. The lowest BCUT2D eigenvalue weighted by Crippen LogP contribution is -2.51. The van der Waals surface area contributed by atoms with Gasteiger partial charge in [-0.3, -0.25) is 4.79 Å². The Hall–Kier alpha value is -1.66. The summed E-state index contributed by atoms with van der Waals surface area (Å²) in [7, 11) is 0. The molecule has 1 saturated heterocycles. The molecule has 1 aromatic heterocycles. The smallest absolute Gasteiger partial charge is 0.255 e. The number of fused-ring (bicyclic) bond motifs is 1. The number of nitrogens with one attached hydrogen (secondary N) is 1. The number of anilines is 1. The molecule has 0 spiro atoms. The number of rotatable bonds is 2. The van der Waals surface area contributed by atoms with Crippen molar-refractivity contribution in [1.82, 2.24) is 9.88 Å². The molecular formula is C13H18N4O2. The van der Waals surface area contributed by atoms with Crippen molar-refractivity contribution in [3.05, 3.63) is 23.9 Å². The lowest BCUT2D eigenvalue weighted by atomic mass is 10.1. The van der Waals surface area contributed by atoms with E-state index >= 15 is 0 Å². The van der Waals surface area contributed by atoms with Gasteiger partial charge in [-0.15, -0.1) is 0 Å². The maximum Gasteiger partial charge on any atom is 0.255 e. The number of hydrogen-bond donors (Lipinski definition) is 2. The van der Waals surface area contributed by atoms with Crippen molar-refractivity contribution in [1.29, 1.82) is 0 Å². The van der Waals surface area contributed by atoms with Gasteiger partial charge in [-0.1, -0.05) is 0 Å². The summed E-state index contributed by atoms with van der Waals surface area (Å²) in [4.78, 5) is 18.5. The molecule has 0 bridgehead atoms. The summed E-state index contributed by atoms with van der Waals surface area (Å²) in [5.74, 6) is 5.86. The Morgan fingerprint density at radius 1 is 1.47 bits per heavy atom. The van der Waals surface area contributed by atoms with E-state index in [2.05, 4.69) is 10.4 Å². The third-order valence-corrected chi connectivity index (χ3v) is 3.90. The number of nitrogen functional groups attached to an aromatic ring is 1. The largest absolute Gasteiger partial charge is 0.374 e. The average Bonchev–Trinajstić information content (AvgIpc) is 2.95. The van der Waals surface area contributed by atoms with Gasteiger partial charge in [-0.2, -0.15) is 0 Å². The summed E-state index contributed by atoms with van der Waals surface area (Å²) >= 11 is 0. The van der Waals surface area contributed by atoms with Crippen molar-refractivity contribution in [3.8, 4) is 0 Å². The van der Waals surface area contributed by atoms with Gasteiger partial charge >= 0.3 is 0 Å². The molecule has 2 atom stereocenters. The second-order valence-electron chi connectivity index (χ2n) is 4.98. The molecule has 2 heterocycles. The first-order valence-electron chi connectivity index (χ1n) is 6.65. The number of hydrazine groups is 1. The highest BCUT2D eigenvalue weighted by Gasteiger charge is 2.38. The summed E-state index contributed by atoms with van der Waals surface area (Å²) in [6.07, 6.45) is 5.01. The van der Waals surface area contributed by atoms with Gasteiger partial charge in [-0.25, -0.2) is 10.8 Å². The molecule has 6 heteroatoms. The molecule has 1 saturated carbocycles. The summed E-state index contributed by atoms with van der Waals surface area (Å²) in [5, 5.41) is 0. The van der Waals surface area contributed by atoms with Crippen LogP contribution in [0.15, 0.2) is 18.3 Å². The number of aromatic nitrogens is 1. The Labute approximate surface area is 111 Å². The number of pyridine rings is 1. The van der Waals surface area contributed by atoms with E-state index in [-0.39, 0.29) is 18.1 Å². The maximum atomic E-state index is 12.5. The van der Waals surface area contributed by atoms with Crippen molar-refractivity contribution in [2.45, 2.75) is 31.4 Å². The minimum Gasteiger partial charge on any atom is -0.374 e. The molecule has 2 unspecified atom stereocenters. The van der Waals surface area contributed by atoms with Gasteiger partial charge in [-0.05, 0) is 31.4 Å². The molecule has 0 aromatic carbocycles. The minimum atomic E-state index is 0.0382. The standard InChI is InChI=1S/C13H18N4O2/c14-16-12-5-4-9(8-15-12)13(18)17-6-7-19-11-3-1-2-10(11)17/h4-5,8,10-11H,1-3,6-7,14H2,(H,15,16). The van der Waals surface area contributed by atoms with Gasteiger partial charge < -0.3 is 15.1 Å². The fourth-order valence-corrected chi connectivity index (χ4v) is 2.95. The van der Waals surface area contributed by atoms with Crippen LogP contribution < -0.4 is 11.3 Å². The van der Waals surface area contributed by atoms with Crippen LogP contribution in [0.2, 0.25) is 0 Å². The summed E-state index contributed by atoms with van der Waals surface area (Å²) in [6.45, 7) is 1.29. The number of amides is 1. The van der Waals surface area contributed by atoms with E-state index in [4.69, 9.17) is 10.6 Å². The molecule has 3 rings (SSSR count). The fourth-order valence-electron chi connectivity index (χ4n) is 2.95. The van der Waals surface area contributed by atoms with E-state index in [1.54, 1.807) is 18.3 Å². The number of morpholine rings is 1. The van der Waals surface area contributed by atoms with Crippen LogP contribution >= 0.6 is 0 Å². The van der Waals surface area contributed by atoms with E-state index in [1.165, 1.54) is 0 Å². The Morgan fingerprint density at radius 3 is 3.11 bits per heavy atom. The first kappa shape index (κ1) is 12.4. The van der Waals surface area contributed by atoms with Crippen molar-refractivity contribution < 1.29 is 9.53 Å². The zero-order valence-electron chi connectivity index (χ0n) is 10.7. The SMILES string of the molecule is NNc1ccc(C(=O)N2CCOC3CCCC32)cn1. The maximum absolute atomic E-state index is 12.5. The third kappa shape index (κ3) is 2.29. The van der Waals surface area contributed by atoms with Crippen molar-refractivity contribution in [2.75, 3.05) is 18.6 Å². The number of hydrogen-bond acceptors (Lipinski definition) is 5. The fraction of sp³-hybridized carbons (Fsp3) is 0.538. The van der Waals surface area contributed by atoms with Crippen molar-refractivity contribution in [2.24, 2.45) is 5.84 Å². The Morgan fingerprint density at radius 2 is 2.37 bits per heavy atom. The van der Waals surface area contributed by atoms with Gasteiger partial charge in [0, 0.05) is 12.7 Å². The van der Waals surface area contributed by atoms with E-state index in [0.29, 0.717) is 24.5 Å². The second kappa shape index (κ2) is 5.14. The van der Waals surface area contributed by atoms with E-state index in [1.807, 2.05) is 4.90 Å². The van der Waals surface area contributed by atoms with Crippen molar-refractivity contribution in [3.63, 3.8) is 0 Å². The monoisotopic (exact) mass is 262 g/mol. The second-order valence-corrected chi connectivity index (χ2v) is 4.98. The lowest BCUT2D eigenvalue weighted by Gasteiger charge is -2.37. The number of carbonyl (C=O) groups excluding carboxylic acids is 1. The van der Waals surface area contributed by atoms with E-state index < -0.39 is 0 Å². The highest BCUT2D eigenvalue weighted by atomic mass is 16.5. The van der Waals surface area contributed by atoms with Gasteiger partial charge in [0.15, 0.2) is 0 Å². The van der Waals surface area contributed by atoms with Crippen LogP contribution in [0.25, 0.3) is 0 Å². The van der Waals surface area contributed by atoms with Crippen LogP contribution in [0.3, 0.4) is 0 Å². The van der Waals surface area contributed by atoms with E-state index in [0.717, 1.165) is 19.3 Å². The van der Waals surface area contributed by atoms with Crippen LogP contribution in [-0.4, -0.2) is 41.1 Å². The van der Waals surface area contributed by atoms with Gasteiger partial charge in [0.25, 0.3) is 5.91 Å². The van der Waals surface area contributed by atoms with Gasteiger partial charge in [0.05, 0.1) is 24.3 Å². The first-order chi connectivity index (χ1) is 9.29. The van der Waals surface area contributed by atoms with Crippen LogP contribution in [0.4, 0.5) is 5.82 Å². The molecular weight excluding hydrogens is 244 g/mol. The molecule has 102 valence electrons. The molecule has 1 aromatic rings. The summed E-state index contributed by atoms with van der Waals surface area (Å²) in [5.41, 5.74) is 3.06. The predicted octanol–water partition coefficient (Wildman–Crippen LogP) is 0.761. The molecule has 1 amide bonds. The minimum absolute atomic E-state index is 0.0382. The molecule has 2 fully saturated rings. The number of nitrogens with two attached hydrogens (primary N) is 1. The van der Waals surface area contributed by atoms with Crippen LogP contribution in [-0.2, 0) is 4.74 Å². The highest BCUT2D eigenvalue weighted by molar-refractivity contribution is 5.94. The van der Waals surface area contributed by atoms with Crippen LogP contribution in [0.5, 0.6) is 0 Å². The first-order valence-corrected chi connectivity index (χ1v) is 6.65. The molecule has 19 heavy (non-hydrogen) atoms. The zero-order chi connectivity index (χ0) is 13.2. The molecule has 1 aliphatic carbocycles. The molecule has 3 N–H and O–H groups in total. The third-order valence-electron chi connectivity index (χ3n) is 3.90.